The zero-order valence-corrected chi connectivity index (χ0v) is 13.4. The fourth-order valence-corrected chi connectivity index (χ4v) is 3.08. The Balaban J connectivity index is 1.47. The van der Waals surface area contributed by atoms with Gasteiger partial charge in [0.05, 0.1) is 11.8 Å². The van der Waals surface area contributed by atoms with Crippen LogP contribution in [0.15, 0.2) is 47.2 Å². The largest absolute Gasteiger partial charge is 0.459 e. The van der Waals surface area contributed by atoms with Crippen LogP contribution in [0, 0.1) is 5.82 Å². The minimum absolute atomic E-state index is 0.136. The van der Waals surface area contributed by atoms with Gasteiger partial charge in [-0.1, -0.05) is 0 Å². The predicted molar refractivity (Wildman–Crippen MR) is 89.2 cm³/mol. The molecule has 3 heterocycles. The molecule has 2 aliphatic heterocycles. The first-order valence-electron chi connectivity index (χ1n) is 8.02. The summed E-state index contributed by atoms with van der Waals surface area (Å²) in [5, 5.41) is 2.73. The molecule has 4 rings (SSSR count). The van der Waals surface area contributed by atoms with Gasteiger partial charge in [0, 0.05) is 43.6 Å². The number of benzene rings is 1. The molecule has 1 N–H and O–H groups in total. The van der Waals surface area contributed by atoms with E-state index in [1.807, 2.05) is 4.90 Å². The highest BCUT2D eigenvalue weighted by atomic mass is 19.1. The number of hydrogen-bond acceptors (Lipinski definition) is 4. The van der Waals surface area contributed by atoms with E-state index in [1.54, 1.807) is 29.3 Å². The fraction of sp³-hybridized carbons (Fsp3) is 0.222. The van der Waals surface area contributed by atoms with E-state index >= 15 is 0 Å². The molecule has 1 aromatic carbocycles. The third kappa shape index (κ3) is 2.88. The van der Waals surface area contributed by atoms with E-state index in [0.29, 0.717) is 48.8 Å². The molecule has 1 saturated heterocycles. The van der Waals surface area contributed by atoms with Crippen LogP contribution >= 0.6 is 0 Å². The monoisotopic (exact) mass is 341 g/mol. The number of anilines is 1. The van der Waals surface area contributed by atoms with Crippen molar-refractivity contribution in [3.05, 3.63) is 59.9 Å². The maximum atomic E-state index is 13.5. The third-order valence-corrected chi connectivity index (χ3v) is 4.41. The average Bonchev–Trinajstić information content (AvgIpc) is 3.24. The van der Waals surface area contributed by atoms with Gasteiger partial charge < -0.3 is 19.5 Å². The zero-order valence-electron chi connectivity index (χ0n) is 13.4. The van der Waals surface area contributed by atoms with Gasteiger partial charge in [-0.05, 0) is 30.3 Å². The van der Waals surface area contributed by atoms with E-state index in [2.05, 4.69) is 5.32 Å². The number of piperazine rings is 1. The second kappa shape index (κ2) is 6.08. The first-order chi connectivity index (χ1) is 12.1. The van der Waals surface area contributed by atoms with Gasteiger partial charge in [0.15, 0.2) is 5.76 Å². The summed E-state index contributed by atoms with van der Waals surface area (Å²) in [7, 11) is 0. The molecule has 7 heteroatoms. The highest BCUT2D eigenvalue weighted by Crippen LogP contribution is 2.32. The molecule has 0 atom stereocenters. The number of nitrogens with zero attached hydrogens (tertiary/aromatic N) is 2. The molecule has 0 bridgehead atoms. The molecule has 0 saturated carbocycles. The van der Waals surface area contributed by atoms with Crippen LogP contribution in [0.2, 0.25) is 0 Å². The van der Waals surface area contributed by atoms with Crippen LogP contribution in [0.25, 0.3) is 5.57 Å². The molecule has 2 aromatic rings. The van der Waals surface area contributed by atoms with E-state index in [1.165, 1.54) is 18.4 Å². The summed E-state index contributed by atoms with van der Waals surface area (Å²) in [6.07, 6.45) is 3.22. The Morgan fingerprint density at radius 1 is 1.20 bits per heavy atom. The molecule has 1 aromatic heterocycles. The number of hydrogen-bond donors (Lipinski definition) is 1. The molecular formula is C18H16FN3O3. The number of carbonyl (C=O) groups excluding carboxylic acids is 2. The molecule has 1 fully saturated rings. The van der Waals surface area contributed by atoms with Crippen LogP contribution in [0.5, 0.6) is 0 Å². The van der Waals surface area contributed by atoms with Crippen LogP contribution in [0.4, 0.5) is 10.1 Å². The van der Waals surface area contributed by atoms with Gasteiger partial charge >= 0.3 is 0 Å². The van der Waals surface area contributed by atoms with Gasteiger partial charge in [-0.25, -0.2) is 4.39 Å². The Morgan fingerprint density at radius 2 is 2.00 bits per heavy atom. The van der Waals surface area contributed by atoms with Crippen LogP contribution in [-0.2, 0) is 4.79 Å². The van der Waals surface area contributed by atoms with Crippen molar-refractivity contribution in [2.45, 2.75) is 0 Å². The summed E-state index contributed by atoms with van der Waals surface area (Å²) in [6, 6.07) is 7.56. The zero-order chi connectivity index (χ0) is 17.4. The molecule has 6 nitrogen and oxygen atoms in total. The predicted octanol–water partition coefficient (Wildman–Crippen LogP) is 2.17. The Hall–Kier alpha value is -3.09. The molecule has 2 aliphatic rings. The number of fused-ring (bicyclic) bond motifs is 1. The number of rotatable bonds is 2. The number of nitrogens with one attached hydrogen (secondary N) is 1. The minimum atomic E-state index is -0.380. The molecule has 25 heavy (non-hydrogen) atoms. The van der Waals surface area contributed by atoms with Crippen LogP contribution in [-0.4, -0.2) is 47.8 Å². The van der Waals surface area contributed by atoms with Crippen LogP contribution in [0.1, 0.15) is 16.1 Å². The van der Waals surface area contributed by atoms with Crippen molar-refractivity contribution in [3.8, 4) is 0 Å². The Labute approximate surface area is 143 Å². The Bertz CT molecular complexity index is 852. The van der Waals surface area contributed by atoms with Crippen molar-refractivity contribution in [1.29, 1.82) is 0 Å². The lowest BCUT2D eigenvalue weighted by molar-refractivity contribution is -0.110. The molecular weight excluding hydrogens is 325 g/mol. The molecule has 0 spiro atoms. The summed E-state index contributed by atoms with van der Waals surface area (Å²) in [4.78, 5) is 28.1. The number of amides is 2. The second-order valence-corrected chi connectivity index (χ2v) is 5.99. The Morgan fingerprint density at radius 3 is 2.72 bits per heavy atom. The topological polar surface area (TPSA) is 65.8 Å². The highest BCUT2D eigenvalue weighted by molar-refractivity contribution is 6.31. The van der Waals surface area contributed by atoms with Crippen molar-refractivity contribution >= 4 is 23.1 Å². The summed E-state index contributed by atoms with van der Waals surface area (Å²) < 4.78 is 18.6. The minimum Gasteiger partial charge on any atom is -0.459 e. The summed E-state index contributed by atoms with van der Waals surface area (Å²) in [6.45, 7) is 2.24. The molecule has 2 amide bonds. The van der Waals surface area contributed by atoms with Crippen LogP contribution in [0.3, 0.4) is 0 Å². The van der Waals surface area contributed by atoms with E-state index in [4.69, 9.17) is 4.42 Å². The number of carbonyl (C=O) groups is 2. The fourth-order valence-electron chi connectivity index (χ4n) is 3.08. The first kappa shape index (κ1) is 15.4. The molecule has 0 radical (unpaired) electrons. The maximum absolute atomic E-state index is 13.5. The van der Waals surface area contributed by atoms with Gasteiger partial charge in [-0.15, -0.1) is 0 Å². The first-order valence-corrected chi connectivity index (χ1v) is 8.02. The summed E-state index contributed by atoms with van der Waals surface area (Å²) >= 11 is 0. The van der Waals surface area contributed by atoms with E-state index in [9.17, 15) is 14.0 Å². The molecule has 0 aliphatic carbocycles. The third-order valence-electron chi connectivity index (χ3n) is 4.41. The molecule has 0 unspecified atom stereocenters. The summed E-state index contributed by atoms with van der Waals surface area (Å²) in [5.74, 6) is -0.431. The van der Waals surface area contributed by atoms with E-state index in [0.717, 1.165) is 0 Å². The van der Waals surface area contributed by atoms with Gasteiger partial charge in [-0.2, -0.15) is 0 Å². The summed E-state index contributed by atoms with van der Waals surface area (Å²) in [5.41, 5.74) is 1.63. The SMILES string of the molecule is O=C1Nc2ccc(F)cc2/C1=C\N1CCN(C(=O)c2ccco2)CC1. The highest BCUT2D eigenvalue weighted by Gasteiger charge is 2.27. The normalized spacial score (nSPS) is 18.4. The van der Waals surface area contributed by atoms with Gasteiger partial charge in [0.25, 0.3) is 11.8 Å². The van der Waals surface area contributed by atoms with E-state index in [-0.39, 0.29) is 17.6 Å². The quantitative estimate of drug-likeness (QED) is 0.850. The van der Waals surface area contributed by atoms with Crippen molar-refractivity contribution in [1.82, 2.24) is 9.80 Å². The van der Waals surface area contributed by atoms with Crippen molar-refractivity contribution < 1.29 is 18.4 Å². The lowest BCUT2D eigenvalue weighted by atomic mass is 10.1. The number of furan rings is 1. The van der Waals surface area contributed by atoms with Crippen molar-refractivity contribution in [3.63, 3.8) is 0 Å². The number of halogens is 1. The second-order valence-electron chi connectivity index (χ2n) is 5.99. The van der Waals surface area contributed by atoms with Gasteiger partial charge in [-0.3, -0.25) is 9.59 Å². The van der Waals surface area contributed by atoms with E-state index < -0.39 is 0 Å². The van der Waals surface area contributed by atoms with Gasteiger partial charge in [0.1, 0.15) is 5.82 Å². The maximum Gasteiger partial charge on any atom is 0.289 e. The van der Waals surface area contributed by atoms with Gasteiger partial charge in [0.2, 0.25) is 0 Å². The van der Waals surface area contributed by atoms with Crippen LogP contribution < -0.4 is 5.32 Å². The average molecular weight is 341 g/mol. The Kier molecular flexibility index (Phi) is 3.76. The molecule has 128 valence electrons. The standard InChI is InChI=1S/C18H16FN3O3/c19-12-3-4-15-13(10-12)14(17(23)20-15)11-21-5-7-22(8-6-21)18(24)16-2-1-9-25-16/h1-4,9-11H,5-8H2,(H,20,23)/b14-11+. The van der Waals surface area contributed by atoms with Crippen molar-refractivity contribution in [2.24, 2.45) is 0 Å². The smallest absolute Gasteiger partial charge is 0.289 e. The lowest BCUT2D eigenvalue weighted by Gasteiger charge is -2.33. The van der Waals surface area contributed by atoms with Crippen molar-refractivity contribution in [2.75, 3.05) is 31.5 Å². The lowest BCUT2D eigenvalue weighted by Crippen LogP contribution is -2.46.